The monoisotopic (exact) mass is 257 g/mol. The van der Waals surface area contributed by atoms with Crippen molar-refractivity contribution in [1.29, 1.82) is 0 Å². The Labute approximate surface area is 113 Å². The molecule has 2 aromatic rings. The number of piperazine rings is 1. The van der Waals surface area contributed by atoms with Gasteiger partial charge in [0.1, 0.15) is 5.82 Å². The zero-order chi connectivity index (χ0) is 13.1. The number of nitrogens with zero attached hydrogens (tertiary/aromatic N) is 3. The third-order valence-corrected chi connectivity index (χ3v) is 3.47. The highest BCUT2D eigenvalue weighted by Crippen LogP contribution is 2.14. The lowest BCUT2D eigenvalue weighted by molar-refractivity contribution is 0.236. The Morgan fingerprint density at radius 3 is 3.16 bits per heavy atom. The van der Waals surface area contributed by atoms with E-state index >= 15 is 0 Å². The first kappa shape index (κ1) is 12.3. The molecule has 1 atom stereocenters. The first-order valence-corrected chi connectivity index (χ1v) is 6.69. The summed E-state index contributed by atoms with van der Waals surface area (Å²) in [7, 11) is 2.16. The van der Waals surface area contributed by atoms with Gasteiger partial charge in [-0.3, -0.25) is 0 Å². The molecule has 0 aromatic carbocycles. The summed E-state index contributed by atoms with van der Waals surface area (Å²) in [6.07, 6.45) is 4.62. The van der Waals surface area contributed by atoms with E-state index in [4.69, 9.17) is 0 Å². The molecule has 1 saturated heterocycles. The van der Waals surface area contributed by atoms with E-state index in [1.54, 1.807) is 0 Å². The van der Waals surface area contributed by atoms with Crippen LogP contribution in [0.15, 0.2) is 30.6 Å². The lowest BCUT2D eigenvalue weighted by Gasteiger charge is -2.30. The highest BCUT2D eigenvalue weighted by Gasteiger charge is 2.18. The van der Waals surface area contributed by atoms with Crippen LogP contribution in [-0.2, 0) is 6.42 Å². The third-order valence-electron chi connectivity index (χ3n) is 3.47. The molecule has 1 aliphatic rings. The van der Waals surface area contributed by atoms with E-state index < -0.39 is 0 Å². The fourth-order valence-corrected chi connectivity index (χ4v) is 2.49. The van der Waals surface area contributed by atoms with Gasteiger partial charge in [-0.05, 0) is 25.2 Å². The quantitative estimate of drug-likeness (QED) is 0.858. The zero-order valence-corrected chi connectivity index (χ0v) is 11.1. The molecule has 1 unspecified atom stereocenters. The van der Waals surface area contributed by atoms with E-state index in [2.05, 4.69) is 32.2 Å². The topological polar surface area (TPSA) is 56.8 Å². The van der Waals surface area contributed by atoms with Gasteiger partial charge in [-0.2, -0.15) is 0 Å². The number of likely N-dealkylation sites (N-methyl/N-ethyl adjacent to an activating group) is 1. The van der Waals surface area contributed by atoms with Crippen LogP contribution in [0.3, 0.4) is 0 Å². The van der Waals surface area contributed by atoms with Crippen molar-refractivity contribution < 1.29 is 0 Å². The van der Waals surface area contributed by atoms with Crippen LogP contribution in [0.5, 0.6) is 0 Å². The lowest BCUT2D eigenvalue weighted by atomic mass is 10.1. The van der Waals surface area contributed by atoms with Gasteiger partial charge in [0.25, 0.3) is 0 Å². The van der Waals surface area contributed by atoms with Crippen LogP contribution >= 0.6 is 0 Å². The summed E-state index contributed by atoms with van der Waals surface area (Å²) in [6, 6.07) is 6.39. The number of nitrogens with one attached hydrogen (secondary N) is 2. The summed E-state index contributed by atoms with van der Waals surface area (Å²) in [6.45, 7) is 3.20. The van der Waals surface area contributed by atoms with Crippen molar-refractivity contribution in [3.8, 4) is 11.4 Å². The molecule has 0 saturated carbocycles. The molecular weight excluding hydrogens is 238 g/mol. The summed E-state index contributed by atoms with van der Waals surface area (Å²) in [5.41, 5.74) is 2.00. The number of hydrogen-bond acceptors (Lipinski definition) is 4. The van der Waals surface area contributed by atoms with E-state index in [0.29, 0.717) is 6.04 Å². The molecule has 5 nitrogen and oxygen atoms in total. The number of aromatic amines is 1. The van der Waals surface area contributed by atoms with Gasteiger partial charge in [0.2, 0.25) is 0 Å². The zero-order valence-electron chi connectivity index (χ0n) is 11.1. The second kappa shape index (κ2) is 5.50. The third kappa shape index (κ3) is 3.00. The summed E-state index contributed by atoms with van der Waals surface area (Å²) in [4.78, 5) is 14.5. The Morgan fingerprint density at radius 1 is 1.42 bits per heavy atom. The standard InChI is InChI=1S/C14H19N5/c1-19-8-7-15-11(10-19)9-14-17-6-4-13(18-14)12-3-2-5-16-12/h2-6,11,15-16H,7-10H2,1H3. The minimum Gasteiger partial charge on any atom is -0.360 e. The molecule has 1 fully saturated rings. The minimum atomic E-state index is 0.442. The number of hydrogen-bond donors (Lipinski definition) is 2. The van der Waals surface area contributed by atoms with E-state index in [1.165, 1.54) is 0 Å². The summed E-state index contributed by atoms with van der Waals surface area (Å²) < 4.78 is 0. The average molecular weight is 257 g/mol. The molecular formula is C14H19N5. The second-order valence-corrected chi connectivity index (χ2v) is 5.06. The van der Waals surface area contributed by atoms with E-state index in [9.17, 15) is 0 Å². The predicted molar refractivity (Wildman–Crippen MR) is 74.8 cm³/mol. The van der Waals surface area contributed by atoms with Crippen LogP contribution in [-0.4, -0.2) is 52.6 Å². The van der Waals surface area contributed by atoms with Crippen molar-refractivity contribution in [3.05, 3.63) is 36.4 Å². The maximum atomic E-state index is 4.63. The van der Waals surface area contributed by atoms with E-state index in [0.717, 1.165) is 43.3 Å². The molecule has 5 heteroatoms. The van der Waals surface area contributed by atoms with Crippen molar-refractivity contribution in [2.24, 2.45) is 0 Å². The van der Waals surface area contributed by atoms with E-state index in [1.807, 2.05) is 30.6 Å². The van der Waals surface area contributed by atoms with Gasteiger partial charge in [0, 0.05) is 44.5 Å². The van der Waals surface area contributed by atoms with Gasteiger partial charge < -0.3 is 15.2 Å². The molecule has 0 spiro atoms. The van der Waals surface area contributed by atoms with Crippen molar-refractivity contribution in [2.75, 3.05) is 26.7 Å². The van der Waals surface area contributed by atoms with Crippen molar-refractivity contribution in [1.82, 2.24) is 25.2 Å². The van der Waals surface area contributed by atoms with Crippen molar-refractivity contribution >= 4 is 0 Å². The molecule has 0 radical (unpaired) electrons. The molecule has 1 aliphatic heterocycles. The summed E-state index contributed by atoms with van der Waals surface area (Å²) in [5.74, 6) is 0.903. The second-order valence-electron chi connectivity index (χ2n) is 5.06. The smallest absolute Gasteiger partial charge is 0.130 e. The number of rotatable bonds is 3. The predicted octanol–water partition coefficient (Wildman–Crippen LogP) is 0.918. The first-order chi connectivity index (χ1) is 9.31. The largest absolute Gasteiger partial charge is 0.360 e. The van der Waals surface area contributed by atoms with Crippen LogP contribution in [0.25, 0.3) is 11.4 Å². The molecule has 19 heavy (non-hydrogen) atoms. The fraction of sp³-hybridized carbons (Fsp3) is 0.429. The summed E-state index contributed by atoms with van der Waals surface area (Å²) in [5, 5.41) is 3.52. The van der Waals surface area contributed by atoms with Crippen LogP contribution in [0.4, 0.5) is 0 Å². The maximum absolute atomic E-state index is 4.63. The minimum absolute atomic E-state index is 0.442. The van der Waals surface area contributed by atoms with Crippen molar-refractivity contribution in [3.63, 3.8) is 0 Å². The lowest BCUT2D eigenvalue weighted by Crippen LogP contribution is -2.50. The molecule has 100 valence electrons. The van der Waals surface area contributed by atoms with Crippen LogP contribution < -0.4 is 5.32 Å². The van der Waals surface area contributed by atoms with Gasteiger partial charge in [-0.25, -0.2) is 9.97 Å². The number of aromatic nitrogens is 3. The summed E-state index contributed by atoms with van der Waals surface area (Å²) >= 11 is 0. The average Bonchev–Trinajstić information content (AvgIpc) is 2.93. The Kier molecular flexibility index (Phi) is 3.57. The Morgan fingerprint density at radius 2 is 2.37 bits per heavy atom. The molecule has 0 aliphatic carbocycles. The Hall–Kier alpha value is -1.72. The van der Waals surface area contributed by atoms with Crippen molar-refractivity contribution in [2.45, 2.75) is 12.5 Å². The van der Waals surface area contributed by atoms with Gasteiger partial charge >= 0.3 is 0 Å². The maximum Gasteiger partial charge on any atom is 0.130 e. The van der Waals surface area contributed by atoms with E-state index in [-0.39, 0.29) is 0 Å². The molecule has 2 N–H and O–H groups in total. The normalized spacial score (nSPS) is 20.6. The Bertz CT molecular complexity index is 522. The Balaban J connectivity index is 1.73. The van der Waals surface area contributed by atoms with Gasteiger partial charge in [0.15, 0.2) is 0 Å². The van der Waals surface area contributed by atoms with Gasteiger partial charge in [0.05, 0.1) is 11.4 Å². The van der Waals surface area contributed by atoms with Crippen LogP contribution in [0.1, 0.15) is 5.82 Å². The molecule has 3 rings (SSSR count). The first-order valence-electron chi connectivity index (χ1n) is 6.69. The van der Waals surface area contributed by atoms with Gasteiger partial charge in [-0.1, -0.05) is 0 Å². The van der Waals surface area contributed by atoms with Gasteiger partial charge in [-0.15, -0.1) is 0 Å². The fourth-order valence-electron chi connectivity index (χ4n) is 2.49. The SMILES string of the molecule is CN1CCNC(Cc2nccc(-c3ccc[nH]3)n2)C1. The number of H-pyrrole nitrogens is 1. The molecule has 0 bridgehead atoms. The highest BCUT2D eigenvalue weighted by molar-refractivity contribution is 5.53. The van der Waals surface area contributed by atoms with Crippen LogP contribution in [0.2, 0.25) is 0 Å². The molecule has 3 heterocycles. The molecule has 2 aromatic heterocycles. The molecule has 0 amide bonds. The highest BCUT2D eigenvalue weighted by atomic mass is 15.2. The van der Waals surface area contributed by atoms with Crippen LogP contribution in [0, 0.1) is 0 Å².